The third kappa shape index (κ3) is 3.10. The van der Waals surface area contributed by atoms with Crippen LogP contribution in [0.25, 0.3) is 16.8 Å². The molecule has 1 saturated heterocycles. The van der Waals surface area contributed by atoms with Crippen LogP contribution in [0.3, 0.4) is 0 Å². The molecule has 0 aliphatic carbocycles. The van der Waals surface area contributed by atoms with E-state index in [4.69, 9.17) is 10.1 Å². The SMILES string of the molecule is N=C1C(c2nc(-c3ccc(F)c(F)c3)cs2)=C(O)CN1CC1CCCO1. The van der Waals surface area contributed by atoms with Crippen molar-refractivity contribution in [3.63, 3.8) is 0 Å². The number of aliphatic hydroxyl groups excluding tert-OH is 1. The quantitative estimate of drug-likeness (QED) is 0.850. The van der Waals surface area contributed by atoms with E-state index < -0.39 is 11.6 Å². The van der Waals surface area contributed by atoms with Crippen LogP contribution in [0.5, 0.6) is 0 Å². The van der Waals surface area contributed by atoms with Crippen LogP contribution in [-0.4, -0.2) is 46.6 Å². The second-order valence-electron chi connectivity index (χ2n) is 6.35. The summed E-state index contributed by atoms with van der Waals surface area (Å²) in [6, 6.07) is 3.60. The number of aliphatic hydroxyl groups is 1. The van der Waals surface area contributed by atoms with Gasteiger partial charge in [-0.1, -0.05) is 0 Å². The Morgan fingerprint density at radius 3 is 2.92 bits per heavy atom. The number of rotatable bonds is 4. The molecule has 1 unspecified atom stereocenters. The van der Waals surface area contributed by atoms with Crippen LogP contribution in [-0.2, 0) is 4.74 Å². The first-order valence-electron chi connectivity index (χ1n) is 8.32. The molecule has 2 aliphatic heterocycles. The van der Waals surface area contributed by atoms with Crippen molar-refractivity contribution in [1.82, 2.24) is 9.88 Å². The maximum absolute atomic E-state index is 13.4. The van der Waals surface area contributed by atoms with E-state index in [0.29, 0.717) is 28.4 Å². The van der Waals surface area contributed by atoms with Crippen molar-refractivity contribution in [2.24, 2.45) is 0 Å². The highest BCUT2D eigenvalue weighted by Gasteiger charge is 2.32. The van der Waals surface area contributed by atoms with Crippen LogP contribution in [0.1, 0.15) is 17.8 Å². The normalized spacial score (nSPS) is 20.5. The van der Waals surface area contributed by atoms with E-state index in [0.717, 1.165) is 31.6 Å². The smallest absolute Gasteiger partial charge is 0.159 e. The summed E-state index contributed by atoms with van der Waals surface area (Å²) < 4.78 is 32.1. The number of thiazole rings is 1. The van der Waals surface area contributed by atoms with E-state index in [2.05, 4.69) is 4.98 Å². The molecule has 0 radical (unpaired) electrons. The van der Waals surface area contributed by atoms with Crippen LogP contribution >= 0.6 is 11.3 Å². The summed E-state index contributed by atoms with van der Waals surface area (Å²) >= 11 is 1.26. The van der Waals surface area contributed by atoms with Crippen LogP contribution < -0.4 is 0 Å². The Morgan fingerprint density at radius 1 is 1.35 bits per heavy atom. The first kappa shape index (κ1) is 17.1. The predicted molar refractivity (Wildman–Crippen MR) is 95.3 cm³/mol. The molecular weight excluding hydrogens is 360 g/mol. The Hall–Kier alpha value is -2.32. The van der Waals surface area contributed by atoms with Crippen molar-refractivity contribution in [2.75, 3.05) is 19.7 Å². The molecule has 1 fully saturated rings. The molecule has 26 heavy (non-hydrogen) atoms. The lowest BCUT2D eigenvalue weighted by Gasteiger charge is -2.21. The summed E-state index contributed by atoms with van der Waals surface area (Å²) in [7, 11) is 0. The summed E-state index contributed by atoms with van der Waals surface area (Å²) in [6.45, 7) is 1.56. The summed E-state index contributed by atoms with van der Waals surface area (Å²) in [5, 5.41) is 20.9. The molecule has 2 N–H and O–H groups in total. The number of nitrogens with zero attached hydrogens (tertiary/aromatic N) is 2. The number of amidine groups is 1. The van der Waals surface area contributed by atoms with Crippen molar-refractivity contribution in [3.05, 3.63) is 46.0 Å². The number of nitrogens with one attached hydrogen (secondary N) is 1. The molecule has 5 nitrogen and oxygen atoms in total. The molecule has 136 valence electrons. The first-order chi connectivity index (χ1) is 12.5. The third-order valence-electron chi connectivity index (χ3n) is 4.56. The molecule has 2 aromatic rings. The molecule has 2 aliphatic rings. The molecule has 4 rings (SSSR count). The maximum atomic E-state index is 13.4. The molecule has 3 heterocycles. The molecule has 0 spiro atoms. The zero-order chi connectivity index (χ0) is 18.3. The van der Waals surface area contributed by atoms with Crippen LogP contribution in [0.4, 0.5) is 8.78 Å². The highest BCUT2D eigenvalue weighted by atomic mass is 32.1. The number of ether oxygens (including phenoxy) is 1. The van der Waals surface area contributed by atoms with Crippen LogP contribution in [0.15, 0.2) is 29.3 Å². The fourth-order valence-electron chi connectivity index (χ4n) is 3.22. The van der Waals surface area contributed by atoms with Gasteiger partial charge in [-0.15, -0.1) is 11.3 Å². The van der Waals surface area contributed by atoms with Gasteiger partial charge >= 0.3 is 0 Å². The highest BCUT2D eigenvalue weighted by molar-refractivity contribution is 7.11. The van der Waals surface area contributed by atoms with E-state index in [-0.39, 0.29) is 24.2 Å². The van der Waals surface area contributed by atoms with Crippen molar-refractivity contribution < 1.29 is 18.6 Å². The van der Waals surface area contributed by atoms with Gasteiger partial charge in [-0.3, -0.25) is 5.41 Å². The topological polar surface area (TPSA) is 69.4 Å². The fourth-order valence-corrected chi connectivity index (χ4v) is 4.12. The molecule has 0 bridgehead atoms. The average molecular weight is 377 g/mol. The molecule has 1 aromatic heterocycles. The minimum atomic E-state index is -0.935. The number of benzene rings is 1. The van der Waals surface area contributed by atoms with Crippen molar-refractivity contribution in [1.29, 1.82) is 5.41 Å². The molecule has 1 aromatic carbocycles. The van der Waals surface area contributed by atoms with Crippen molar-refractivity contribution in [2.45, 2.75) is 18.9 Å². The van der Waals surface area contributed by atoms with E-state index in [1.165, 1.54) is 17.4 Å². The molecule has 0 saturated carbocycles. The average Bonchev–Trinajstić information content (AvgIpc) is 3.33. The lowest BCUT2D eigenvalue weighted by molar-refractivity contribution is 0.0924. The van der Waals surface area contributed by atoms with Crippen LogP contribution in [0.2, 0.25) is 0 Å². The van der Waals surface area contributed by atoms with Gasteiger partial charge in [-0.2, -0.15) is 0 Å². The zero-order valence-electron chi connectivity index (χ0n) is 13.8. The fraction of sp³-hybridized carbons (Fsp3) is 0.333. The Bertz CT molecular complexity index is 890. The minimum Gasteiger partial charge on any atom is -0.510 e. The summed E-state index contributed by atoms with van der Waals surface area (Å²) in [6.07, 6.45) is 2.05. The molecule has 8 heteroatoms. The van der Waals surface area contributed by atoms with E-state index in [1.807, 2.05) is 0 Å². The van der Waals surface area contributed by atoms with Gasteiger partial charge in [0.1, 0.15) is 16.6 Å². The monoisotopic (exact) mass is 377 g/mol. The lowest BCUT2D eigenvalue weighted by atomic mass is 10.1. The summed E-state index contributed by atoms with van der Waals surface area (Å²) in [5.74, 6) is -1.54. The summed E-state index contributed by atoms with van der Waals surface area (Å²) in [4.78, 5) is 6.19. The van der Waals surface area contributed by atoms with Crippen molar-refractivity contribution in [3.8, 4) is 11.3 Å². The van der Waals surface area contributed by atoms with Gasteiger partial charge in [0.05, 0.1) is 23.9 Å². The number of hydrogen-bond donors (Lipinski definition) is 2. The van der Waals surface area contributed by atoms with Gasteiger partial charge in [0, 0.05) is 24.1 Å². The van der Waals surface area contributed by atoms with Gasteiger partial charge < -0.3 is 14.7 Å². The van der Waals surface area contributed by atoms with E-state index >= 15 is 0 Å². The summed E-state index contributed by atoms with van der Waals surface area (Å²) in [5.41, 5.74) is 1.32. The van der Waals surface area contributed by atoms with E-state index in [9.17, 15) is 13.9 Å². The molecule has 1 atom stereocenters. The number of hydrogen-bond acceptors (Lipinski definition) is 5. The minimum absolute atomic E-state index is 0.0801. The van der Waals surface area contributed by atoms with Crippen LogP contribution in [0, 0.1) is 17.0 Å². The van der Waals surface area contributed by atoms with Gasteiger partial charge in [0.15, 0.2) is 11.6 Å². The first-order valence-corrected chi connectivity index (χ1v) is 9.20. The predicted octanol–water partition coefficient (Wildman–Crippen LogP) is 3.83. The Balaban J connectivity index is 1.55. The van der Waals surface area contributed by atoms with Gasteiger partial charge in [0.25, 0.3) is 0 Å². The van der Waals surface area contributed by atoms with Gasteiger partial charge in [-0.25, -0.2) is 13.8 Å². The maximum Gasteiger partial charge on any atom is 0.159 e. The number of halogens is 2. The Morgan fingerprint density at radius 2 is 2.19 bits per heavy atom. The number of aromatic nitrogens is 1. The second-order valence-corrected chi connectivity index (χ2v) is 7.21. The second kappa shape index (κ2) is 6.77. The highest BCUT2D eigenvalue weighted by Crippen LogP contribution is 2.33. The van der Waals surface area contributed by atoms with Gasteiger partial charge in [-0.05, 0) is 31.0 Å². The Labute approximate surface area is 153 Å². The standard InChI is InChI=1S/C18H17F2N3O2S/c19-12-4-3-10(6-13(12)20)14-9-26-18(22-14)16-15(24)8-23(17(16)21)7-11-2-1-5-25-11/h3-4,6,9,11,21,24H,1-2,5,7-8H2. The molecule has 0 amide bonds. The van der Waals surface area contributed by atoms with E-state index in [1.54, 1.807) is 10.3 Å². The van der Waals surface area contributed by atoms with Gasteiger partial charge in [0.2, 0.25) is 0 Å². The van der Waals surface area contributed by atoms with Crippen molar-refractivity contribution >= 4 is 22.7 Å². The molecular formula is C18H17F2N3O2S. The zero-order valence-corrected chi connectivity index (χ0v) is 14.7. The lowest BCUT2D eigenvalue weighted by Crippen LogP contribution is -2.34. The third-order valence-corrected chi connectivity index (χ3v) is 5.42. The Kier molecular flexibility index (Phi) is 4.46. The largest absolute Gasteiger partial charge is 0.510 e.